The first-order chi connectivity index (χ1) is 13.8. The van der Waals surface area contributed by atoms with Gasteiger partial charge in [-0.2, -0.15) is 5.10 Å². The van der Waals surface area contributed by atoms with Crippen molar-refractivity contribution in [3.63, 3.8) is 0 Å². The van der Waals surface area contributed by atoms with Crippen LogP contribution in [0.3, 0.4) is 0 Å². The lowest BCUT2D eigenvalue weighted by atomic mass is 10.2. The lowest BCUT2D eigenvalue weighted by molar-refractivity contribution is 0.417. The van der Waals surface area contributed by atoms with E-state index >= 15 is 0 Å². The number of thiocarbonyl (C=S) groups is 1. The van der Waals surface area contributed by atoms with Crippen molar-refractivity contribution in [2.24, 2.45) is 0 Å². The molecule has 29 heavy (non-hydrogen) atoms. The molecule has 3 rings (SSSR count). The number of methoxy groups -OCH3 is 1. The van der Waals surface area contributed by atoms with Crippen LogP contribution in [0.5, 0.6) is 5.75 Å². The molecule has 0 saturated heterocycles. The van der Waals surface area contributed by atoms with Crippen LogP contribution in [0.2, 0.25) is 15.1 Å². The Morgan fingerprint density at radius 1 is 1.07 bits per heavy atom. The largest absolute Gasteiger partial charge is 0.495 e. The van der Waals surface area contributed by atoms with E-state index in [1.54, 1.807) is 31.4 Å². The highest BCUT2D eigenvalue weighted by atomic mass is 35.5. The molecule has 0 atom stereocenters. The monoisotopic (exact) mass is 468 g/mol. The number of aryl methyl sites for hydroxylation is 1. The summed E-state index contributed by atoms with van der Waals surface area (Å²) in [4.78, 5) is 0. The molecule has 0 bridgehead atoms. The molecule has 0 unspecified atom stereocenters. The molecule has 5 nitrogen and oxygen atoms in total. The standard InChI is InChI=1S/C20H19Cl3N4OS/c1-11-19(25-20(29)24-17-9-15(22)6-7-18(17)28-3)12(2)27(26-11)10-13-4-5-14(21)8-16(13)23/h4-9H,10H2,1-3H3,(H2,24,25,29). The summed E-state index contributed by atoms with van der Waals surface area (Å²) in [5.41, 5.74) is 4.17. The lowest BCUT2D eigenvalue weighted by Crippen LogP contribution is -2.20. The Kier molecular flexibility index (Phi) is 6.90. The van der Waals surface area contributed by atoms with Gasteiger partial charge in [0.15, 0.2) is 5.11 Å². The van der Waals surface area contributed by atoms with Gasteiger partial charge >= 0.3 is 0 Å². The predicted molar refractivity (Wildman–Crippen MR) is 125 cm³/mol. The molecule has 1 aromatic heterocycles. The Balaban J connectivity index is 1.78. The first-order valence-corrected chi connectivity index (χ1v) is 10.2. The molecule has 0 fully saturated rings. The van der Waals surface area contributed by atoms with Gasteiger partial charge in [-0.25, -0.2) is 0 Å². The van der Waals surface area contributed by atoms with Gasteiger partial charge in [0.1, 0.15) is 5.75 Å². The van der Waals surface area contributed by atoms with Gasteiger partial charge in [-0.05, 0) is 62.0 Å². The summed E-state index contributed by atoms with van der Waals surface area (Å²) in [5.74, 6) is 0.639. The molecular formula is C20H19Cl3N4OS. The molecule has 0 saturated carbocycles. The van der Waals surface area contributed by atoms with Crippen LogP contribution in [0, 0.1) is 13.8 Å². The van der Waals surface area contributed by atoms with Crippen molar-refractivity contribution in [1.82, 2.24) is 9.78 Å². The highest BCUT2D eigenvalue weighted by Gasteiger charge is 2.15. The third-order valence-electron chi connectivity index (χ3n) is 4.36. The number of anilines is 2. The van der Waals surface area contributed by atoms with Crippen LogP contribution >= 0.6 is 47.0 Å². The van der Waals surface area contributed by atoms with E-state index in [1.165, 1.54) is 0 Å². The van der Waals surface area contributed by atoms with E-state index in [9.17, 15) is 0 Å². The number of hydrogen-bond donors (Lipinski definition) is 2. The van der Waals surface area contributed by atoms with Crippen LogP contribution < -0.4 is 15.4 Å². The van der Waals surface area contributed by atoms with Crippen LogP contribution in [0.4, 0.5) is 11.4 Å². The fraction of sp³-hybridized carbons (Fsp3) is 0.200. The highest BCUT2D eigenvalue weighted by molar-refractivity contribution is 7.80. The van der Waals surface area contributed by atoms with Crippen LogP contribution in [0.25, 0.3) is 0 Å². The van der Waals surface area contributed by atoms with Crippen LogP contribution in [0.1, 0.15) is 17.0 Å². The van der Waals surface area contributed by atoms with Crippen molar-refractivity contribution in [1.29, 1.82) is 0 Å². The minimum atomic E-state index is 0.404. The van der Waals surface area contributed by atoms with E-state index in [0.29, 0.717) is 38.2 Å². The molecule has 0 aliphatic heterocycles. The van der Waals surface area contributed by atoms with Gasteiger partial charge in [0.25, 0.3) is 0 Å². The summed E-state index contributed by atoms with van der Waals surface area (Å²) in [6.45, 7) is 4.40. The van der Waals surface area contributed by atoms with E-state index in [2.05, 4.69) is 15.7 Å². The molecule has 2 N–H and O–H groups in total. The van der Waals surface area contributed by atoms with Gasteiger partial charge in [-0.3, -0.25) is 4.68 Å². The molecular weight excluding hydrogens is 451 g/mol. The predicted octanol–water partition coefficient (Wildman–Crippen LogP) is 6.33. The summed E-state index contributed by atoms with van der Waals surface area (Å²) >= 11 is 23.8. The maximum Gasteiger partial charge on any atom is 0.175 e. The molecule has 0 aliphatic rings. The molecule has 2 aromatic carbocycles. The number of nitrogens with zero attached hydrogens (tertiary/aromatic N) is 2. The number of benzene rings is 2. The second-order valence-corrected chi connectivity index (χ2v) is 8.05. The fourth-order valence-corrected chi connectivity index (χ4v) is 3.74. The maximum atomic E-state index is 6.30. The molecule has 1 heterocycles. The fourth-order valence-electron chi connectivity index (χ4n) is 2.89. The van der Waals surface area contributed by atoms with E-state index in [1.807, 2.05) is 30.7 Å². The van der Waals surface area contributed by atoms with Crippen LogP contribution in [-0.2, 0) is 6.54 Å². The minimum Gasteiger partial charge on any atom is -0.495 e. The Labute approximate surface area is 189 Å². The molecule has 3 aromatic rings. The summed E-state index contributed by atoms with van der Waals surface area (Å²) < 4.78 is 7.21. The third-order valence-corrected chi connectivity index (χ3v) is 5.39. The molecule has 0 spiro atoms. The number of ether oxygens (including phenoxy) is 1. The number of nitrogens with one attached hydrogen (secondary N) is 2. The summed E-state index contributed by atoms with van der Waals surface area (Å²) in [6.07, 6.45) is 0. The van der Waals surface area contributed by atoms with E-state index in [4.69, 9.17) is 51.8 Å². The smallest absolute Gasteiger partial charge is 0.175 e. The molecule has 9 heteroatoms. The zero-order valence-corrected chi connectivity index (χ0v) is 19.1. The van der Waals surface area contributed by atoms with E-state index in [0.717, 1.165) is 22.6 Å². The number of aromatic nitrogens is 2. The van der Waals surface area contributed by atoms with Gasteiger partial charge in [0, 0.05) is 15.1 Å². The summed E-state index contributed by atoms with van der Waals surface area (Å²) in [6, 6.07) is 10.7. The average Bonchev–Trinajstić information content (AvgIpc) is 2.91. The van der Waals surface area contributed by atoms with Crippen molar-refractivity contribution >= 4 is 63.5 Å². The Hall–Kier alpha value is -1.99. The van der Waals surface area contributed by atoms with Gasteiger partial charge in [-0.15, -0.1) is 0 Å². The SMILES string of the molecule is COc1ccc(Cl)cc1NC(=S)Nc1c(C)nn(Cc2ccc(Cl)cc2Cl)c1C. The van der Waals surface area contributed by atoms with Gasteiger partial charge < -0.3 is 15.4 Å². The molecule has 0 amide bonds. The first kappa shape index (κ1) is 21.7. The quantitative estimate of drug-likeness (QED) is 0.428. The molecule has 0 aliphatic carbocycles. The Bertz CT molecular complexity index is 1070. The second-order valence-electron chi connectivity index (χ2n) is 6.36. The summed E-state index contributed by atoms with van der Waals surface area (Å²) in [7, 11) is 1.59. The number of rotatable bonds is 5. The first-order valence-electron chi connectivity index (χ1n) is 8.68. The average molecular weight is 470 g/mol. The molecule has 0 radical (unpaired) electrons. The zero-order chi connectivity index (χ0) is 21.1. The number of halogens is 3. The van der Waals surface area contributed by atoms with Gasteiger partial charge in [-0.1, -0.05) is 40.9 Å². The minimum absolute atomic E-state index is 0.404. The Morgan fingerprint density at radius 2 is 1.76 bits per heavy atom. The lowest BCUT2D eigenvalue weighted by Gasteiger charge is -2.14. The Morgan fingerprint density at radius 3 is 2.45 bits per heavy atom. The normalized spacial score (nSPS) is 10.7. The molecule has 152 valence electrons. The van der Waals surface area contributed by atoms with E-state index < -0.39 is 0 Å². The highest BCUT2D eigenvalue weighted by Crippen LogP contribution is 2.29. The third kappa shape index (κ3) is 5.14. The second kappa shape index (κ2) is 9.22. The van der Waals surface area contributed by atoms with Crippen LogP contribution in [-0.4, -0.2) is 22.0 Å². The zero-order valence-electron chi connectivity index (χ0n) is 16.0. The topological polar surface area (TPSA) is 51.1 Å². The van der Waals surface area contributed by atoms with Crippen molar-refractivity contribution in [3.05, 3.63) is 68.4 Å². The van der Waals surface area contributed by atoms with Gasteiger partial charge in [0.2, 0.25) is 0 Å². The van der Waals surface area contributed by atoms with Crippen molar-refractivity contribution in [2.45, 2.75) is 20.4 Å². The van der Waals surface area contributed by atoms with Crippen molar-refractivity contribution in [2.75, 3.05) is 17.7 Å². The van der Waals surface area contributed by atoms with Crippen molar-refractivity contribution < 1.29 is 4.74 Å². The van der Waals surface area contributed by atoms with Gasteiger partial charge in [0.05, 0.1) is 36.4 Å². The maximum absolute atomic E-state index is 6.30. The van der Waals surface area contributed by atoms with Crippen LogP contribution in [0.15, 0.2) is 36.4 Å². The van der Waals surface area contributed by atoms with E-state index in [-0.39, 0.29) is 0 Å². The van der Waals surface area contributed by atoms with Crippen molar-refractivity contribution in [3.8, 4) is 5.75 Å². The number of hydrogen-bond acceptors (Lipinski definition) is 3. The summed E-state index contributed by atoms with van der Waals surface area (Å²) in [5, 5.41) is 13.1.